The third-order valence-corrected chi connectivity index (χ3v) is 5.41. The standard InChI is InChI=1S/C25H25ClFN5O3/c1-32(2)8-3-4-24(33)31-22-11-18-21(12-23(22)35-14-16-7-9-34-13-16)28-15-29-25(18)30-17-5-6-20(27)19(26)10-17/h3-6,10-13,15H,7-9,14H2,1-2H3,(H,31,33)(H,28,29,30)/b4-3+. The van der Waals surface area contributed by atoms with Crippen LogP contribution in [0.15, 0.2) is 60.6 Å². The molecular weight excluding hydrogens is 473 g/mol. The zero-order valence-electron chi connectivity index (χ0n) is 19.3. The molecule has 0 radical (unpaired) electrons. The summed E-state index contributed by atoms with van der Waals surface area (Å²) in [5.41, 5.74) is 2.64. The maximum Gasteiger partial charge on any atom is 0.248 e. The van der Waals surface area contributed by atoms with E-state index in [1.165, 1.54) is 24.5 Å². The molecule has 2 N–H and O–H groups in total. The molecule has 0 aliphatic carbocycles. The predicted octanol–water partition coefficient (Wildman–Crippen LogP) is 4.91. The number of fused-ring (bicyclic) bond motifs is 1. The van der Waals surface area contributed by atoms with E-state index in [0.717, 1.165) is 12.0 Å². The molecule has 0 spiro atoms. The van der Waals surface area contributed by atoms with Crippen molar-refractivity contribution in [2.24, 2.45) is 0 Å². The van der Waals surface area contributed by atoms with Crippen molar-refractivity contribution in [2.45, 2.75) is 6.42 Å². The maximum absolute atomic E-state index is 13.6. The highest BCUT2D eigenvalue weighted by atomic mass is 35.5. The number of aromatic nitrogens is 2. The Labute approximate surface area is 207 Å². The molecule has 0 saturated heterocycles. The van der Waals surface area contributed by atoms with Crippen LogP contribution in [0.3, 0.4) is 0 Å². The number of nitrogens with one attached hydrogen (secondary N) is 2. The molecule has 1 aromatic heterocycles. The molecule has 2 aromatic carbocycles. The summed E-state index contributed by atoms with van der Waals surface area (Å²) in [7, 11) is 3.84. The Kier molecular flexibility index (Phi) is 7.79. The molecule has 2 heterocycles. The maximum atomic E-state index is 13.6. The fourth-order valence-corrected chi connectivity index (χ4v) is 3.54. The van der Waals surface area contributed by atoms with Gasteiger partial charge in [-0.2, -0.15) is 0 Å². The van der Waals surface area contributed by atoms with E-state index in [9.17, 15) is 9.18 Å². The van der Waals surface area contributed by atoms with E-state index in [1.807, 2.05) is 19.0 Å². The molecule has 8 nitrogen and oxygen atoms in total. The smallest absolute Gasteiger partial charge is 0.248 e. The molecule has 0 unspecified atom stereocenters. The van der Waals surface area contributed by atoms with Crippen molar-refractivity contribution < 1.29 is 18.7 Å². The molecule has 0 saturated carbocycles. The van der Waals surface area contributed by atoms with E-state index >= 15 is 0 Å². The van der Waals surface area contributed by atoms with Crippen molar-refractivity contribution in [3.05, 3.63) is 71.5 Å². The molecular formula is C25H25ClFN5O3. The minimum Gasteiger partial charge on any atom is -0.501 e. The summed E-state index contributed by atoms with van der Waals surface area (Å²) in [6.07, 6.45) is 7.14. The summed E-state index contributed by atoms with van der Waals surface area (Å²) in [6.45, 7) is 1.59. The Morgan fingerprint density at radius 1 is 1.29 bits per heavy atom. The zero-order valence-corrected chi connectivity index (χ0v) is 20.1. The van der Waals surface area contributed by atoms with Crippen molar-refractivity contribution in [1.29, 1.82) is 0 Å². The van der Waals surface area contributed by atoms with Crippen molar-refractivity contribution in [1.82, 2.24) is 14.9 Å². The molecule has 1 aliphatic heterocycles. The Hall–Kier alpha value is -3.69. The fourth-order valence-electron chi connectivity index (χ4n) is 3.36. The number of ether oxygens (including phenoxy) is 2. The lowest BCUT2D eigenvalue weighted by Gasteiger charge is -2.15. The first kappa shape index (κ1) is 24.4. The fraction of sp³-hybridized carbons (Fsp3) is 0.240. The van der Waals surface area contributed by atoms with Crippen molar-refractivity contribution in [2.75, 3.05) is 44.5 Å². The van der Waals surface area contributed by atoms with Crippen LogP contribution in [0.25, 0.3) is 10.9 Å². The number of anilines is 3. The van der Waals surface area contributed by atoms with E-state index in [-0.39, 0.29) is 10.9 Å². The predicted molar refractivity (Wildman–Crippen MR) is 135 cm³/mol. The first-order chi connectivity index (χ1) is 16.9. The number of carbonyl (C=O) groups excluding carboxylic acids is 1. The Balaban J connectivity index is 1.66. The lowest BCUT2D eigenvalue weighted by molar-refractivity contribution is -0.111. The molecule has 0 bridgehead atoms. The number of carbonyl (C=O) groups is 1. The minimum atomic E-state index is -0.512. The number of nitrogens with zero attached hydrogens (tertiary/aromatic N) is 3. The first-order valence-electron chi connectivity index (χ1n) is 10.9. The number of amides is 1. The summed E-state index contributed by atoms with van der Waals surface area (Å²) < 4.78 is 24.9. The molecule has 182 valence electrons. The molecule has 0 fully saturated rings. The lowest BCUT2D eigenvalue weighted by atomic mass is 10.1. The Morgan fingerprint density at radius 2 is 2.14 bits per heavy atom. The van der Waals surface area contributed by atoms with E-state index < -0.39 is 5.82 Å². The van der Waals surface area contributed by atoms with Crippen LogP contribution in [0, 0.1) is 5.82 Å². The largest absolute Gasteiger partial charge is 0.501 e. The summed E-state index contributed by atoms with van der Waals surface area (Å²) >= 11 is 5.92. The number of rotatable bonds is 9. The van der Waals surface area contributed by atoms with Crippen LogP contribution in [-0.2, 0) is 9.53 Å². The van der Waals surface area contributed by atoms with Crippen molar-refractivity contribution >= 4 is 45.6 Å². The topological polar surface area (TPSA) is 88.6 Å². The third-order valence-electron chi connectivity index (χ3n) is 5.12. The Morgan fingerprint density at radius 3 is 2.89 bits per heavy atom. The zero-order chi connectivity index (χ0) is 24.8. The number of benzene rings is 2. The van der Waals surface area contributed by atoms with Gasteiger partial charge in [0.25, 0.3) is 0 Å². The summed E-state index contributed by atoms with van der Waals surface area (Å²) in [5, 5.41) is 6.65. The SMILES string of the molecule is CN(C)C/C=C/C(=O)Nc1cc2c(Nc3ccc(F)c(Cl)c3)ncnc2cc1OCC1=COCC1. The second kappa shape index (κ2) is 11.2. The molecule has 35 heavy (non-hydrogen) atoms. The van der Waals surface area contributed by atoms with Gasteiger partial charge >= 0.3 is 0 Å². The highest BCUT2D eigenvalue weighted by Crippen LogP contribution is 2.34. The van der Waals surface area contributed by atoms with E-state index in [0.29, 0.717) is 53.6 Å². The monoisotopic (exact) mass is 497 g/mol. The third kappa shape index (κ3) is 6.46. The van der Waals surface area contributed by atoms with Gasteiger partial charge in [0.1, 0.15) is 30.3 Å². The molecule has 3 aromatic rings. The summed E-state index contributed by atoms with van der Waals surface area (Å²) in [4.78, 5) is 23.2. The van der Waals surface area contributed by atoms with Gasteiger partial charge in [0.05, 0.1) is 29.1 Å². The second-order valence-corrected chi connectivity index (χ2v) is 8.59. The molecule has 1 amide bonds. The minimum absolute atomic E-state index is 0.00768. The van der Waals surface area contributed by atoms with Gasteiger partial charge in [-0.05, 0) is 38.4 Å². The van der Waals surface area contributed by atoms with Gasteiger partial charge in [-0.1, -0.05) is 17.7 Å². The number of hydrogen-bond donors (Lipinski definition) is 2. The average Bonchev–Trinajstić information content (AvgIpc) is 3.34. The van der Waals surface area contributed by atoms with Gasteiger partial charge in [0, 0.05) is 41.8 Å². The highest BCUT2D eigenvalue weighted by Gasteiger charge is 2.15. The van der Waals surface area contributed by atoms with E-state index in [2.05, 4.69) is 20.6 Å². The molecule has 10 heteroatoms. The molecule has 0 atom stereocenters. The van der Waals surface area contributed by atoms with E-state index in [4.69, 9.17) is 21.1 Å². The quantitative estimate of drug-likeness (QED) is 0.406. The highest BCUT2D eigenvalue weighted by molar-refractivity contribution is 6.31. The van der Waals surface area contributed by atoms with Gasteiger partial charge < -0.3 is 25.0 Å². The average molecular weight is 498 g/mol. The second-order valence-electron chi connectivity index (χ2n) is 8.18. The summed E-state index contributed by atoms with van der Waals surface area (Å²) in [6, 6.07) is 7.79. The number of hydrogen-bond acceptors (Lipinski definition) is 7. The van der Waals surface area contributed by atoms with Crippen LogP contribution in [0.1, 0.15) is 6.42 Å². The van der Waals surface area contributed by atoms with Gasteiger partial charge in [-0.15, -0.1) is 0 Å². The van der Waals surface area contributed by atoms with Crippen LogP contribution < -0.4 is 15.4 Å². The van der Waals surface area contributed by atoms with Crippen LogP contribution in [0.4, 0.5) is 21.6 Å². The van der Waals surface area contributed by atoms with Crippen LogP contribution in [0.2, 0.25) is 5.02 Å². The summed E-state index contributed by atoms with van der Waals surface area (Å²) in [5.74, 6) is 0.127. The lowest BCUT2D eigenvalue weighted by Crippen LogP contribution is -2.13. The number of likely N-dealkylation sites (N-methyl/N-ethyl adjacent to an activating group) is 1. The van der Waals surface area contributed by atoms with Gasteiger partial charge in [-0.3, -0.25) is 4.79 Å². The van der Waals surface area contributed by atoms with Crippen molar-refractivity contribution in [3.63, 3.8) is 0 Å². The van der Waals surface area contributed by atoms with Crippen LogP contribution in [0.5, 0.6) is 5.75 Å². The van der Waals surface area contributed by atoms with Crippen molar-refractivity contribution in [3.8, 4) is 5.75 Å². The van der Waals surface area contributed by atoms with E-state index in [1.54, 1.807) is 30.5 Å². The normalized spacial score (nSPS) is 13.2. The molecule has 4 rings (SSSR count). The van der Waals surface area contributed by atoms with Gasteiger partial charge in [0.2, 0.25) is 5.91 Å². The van der Waals surface area contributed by atoms with Gasteiger partial charge in [0.15, 0.2) is 0 Å². The Bertz CT molecular complexity index is 1300. The van der Waals surface area contributed by atoms with Gasteiger partial charge in [-0.25, -0.2) is 14.4 Å². The number of halogens is 2. The molecule has 1 aliphatic rings. The van der Waals surface area contributed by atoms with Crippen LogP contribution in [-0.4, -0.2) is 54.6 Å². The van der Waals surface area contributed by atoms with Crippen LogP contribution >= 0.6 is 11.6 Å². The first-order valence-corrected chi connectivity index (χ1v) is 11.3.